The van der Waals surface area contributed by atoms with Crippen LogP contribution in [0.25, 0.3) is 0 Å². The summed E-state index contributed by atoms with van der Waals surface area (Å²) >= 11 is 0. The Labute approximate surface area is 207 Å². The van der Waals surface area contributed by atoms with Crippen LogP contribution in [0.15, 0.2) is 60.1 Å². The van der Waals surface area contributed by atoms with Gasteiger partial charge in [-0.25, -0.2) is 9.59 Å². The fraction of sp³-hybridized carbons (Fsp3) is 0.393. The maximum atomic E-state index is 12.4. The van der Waals surface area contributed by atoms with Gasteiger partial charge in [-0.3, -0.25) is 4.99 Å². The van der Waals surface area contributed by atoms with Crippen LogP contribution in [0.2, 0.25) is 0 Å². The lowest BCUT2D eigenvalue weighted by atomic mass is 10.1. The average Bonchev–Trinajstić information content (AvgIpc) is 2.86. The second-order valence-corrected chi connectivity index (χ2v) is 8.07. The molecule has 0 bridgehead atoms. The Bertz CT molecular complexity index is 968. The van der Waals surface area contributed by atoms with Gasteiger partial charge in [-0.1, -0.05) is 45.1 Å². The molecule has 2 aromatic rings. The van der Waals surface area contributed by atoms with Gasteiger partial charge in [-0.2, -0.15) is 0 Å². The highest BCUT2D eigenvalue weighted by atomic mass is 16.5. The second kappa shape index (κ2) is 16.1. The molecule has 0 heterocycles. The predicted octanol–water partition coefficient (Wildman–Crippen LogP) is 5.89. The molecule has 0 aliphatic heterocycles. The van der Waals surface area contributed by atoms with Gasteiger partial charge in [0.15, 0.2) is 0 Å². The van der Waals surface area contributed by atoms with Gasteiger partial charge in [0, 0.05) is 31.0 Å². The van der Waals surface area contributed by atoms with Gasteiger partial charge in [0.05, 0.1) is 18.8 Å². The number of unbranched alkanes of at least 4 members (excludes halogenated alkanes) is 7. The largest absolute Gasteiger partial charge is 0.507 e. The van der Waals surface area contributed by atoms with Crippen molar-refractivity contribution in [1.29, 1.82) is 0 Å². The first-order valence-corrected chi connectivity index (χ1v) is 12.0. The van der Waals surface area contributed by atoms with Gasteiger partial charge < -0.3 is 19.3 Å². The zero-order valence-electron chi connectivity index (χ0n) is 20.4. The van der Waals surface area contributed by atoms with Crippen molar-refractivity contribution in [3.8, 4) is 17.2 Å². The zero-order chi connectivity index (χ0) is 25.3. The number of aromatic hydroxyl groups is 1. The van der Waals surface area contributed by atoms with E-state index in [0.29, 0.717) is 30.1 Å². The lowest BCUT2D eigenvalue weighted by Crippen LogP contribution is -2.08. The first-order valence-electron chi connectivity index (χ1n) is 12.0. The van der Waals surface area contributed by atoms with Gasteiger partial charge >= 0.3 is 11.9 Å². The minimum absolute atomic E-state index is 0.00611. The summed E-state index contributed by atoms with van der Waals surface area (Å²) in [5.41, 5.74) is 0.949. The van der Waals surface area contributed by atoms with E-state index in [1.54, 1.807) is 43.4 Å². The van der Waals surface area contributed by atoms with Crippen molar-refractivity contribution >= 4 is 18.2 Å². The van der Waals surface area contributed by atoms with Gasteiger partial charge in [-0.05, 0) is 49.2 Å². The Morgan fingerprint density at radius 1 is 0.886 bits per heavy atom. The predicted molar refractivity (Wildman–Crippen MR) is 137 cm³/mol. The van der Waals surface area contributed by atoms with Crippen molar-refractivity contribution in [3.63, 3.8) is 0 Å². The maximum absolute atomic E-state index is 12.4. The minimum atomic E-state index is -0.509. The van der Waals surface area contributed by atoms with Gasteiger partial charge in [0.2, 0.25) is 0 Å². The summed E-state index contributed by atoms with van der Waals surface area (Å²) < 4.78 is 16.0. The topological polar surface area (TPSA) is 94.4 Å². The normalized spacial score (nSPS) is 10.8. The molecule has 0 saturated heterocycles. The first kappa shape index (κ1) is 27.6. The molecule has 35 heavy (non-hydrogen) atoms. The van der Waals surface area contributed by atoms with Crippen LogP contribution < -0.4 is 9.47 Å². The van der Waals surface area contributed by atoms with Crippen LogP contribution in [0.5, 0.6) is 17.2 Å². The van der Waals surface area contributed by atoms with E-state index in [1.165, 1.54) is 37.6 Å². The third-order valence-electron chi connectivity index (χ3n) is 5.29. The van der Waals surface area contributed by atoms with E-state index in [1.807, 2.05) is 0 Å². The third kappa shape index (κ3) is 10.9. The number of aliphatic imine (C=N–C) groups is 1. The lowest BCUT2D eigenvalue weighted by molar-refractivity contribution is -0.137. The monoisotopic (exact) mass is 481 g/mol. The molecule has 0 radical (unpaired) electrons. The molecule has 0 amide bonds. The van der Waals surface area contributed by atoms with Gasteiger partial charge in [-0.15, -0.1) is 0 Å². The van der Waals surface area contributed by atoms with Crippen molar-refractivity contribution in [2.75, 3.05) is 20.3 Å². The van der Waals surface area contributed by atoms with Crippen LogP contribution >= 0.6 is 0 Å². The molecule has 1 N–H and O–H groups in total. The molecule has 0 aromatic heterocycles. The molecule has 0 unspecified atom stereocenters. The maximum Gasteiger partial charge on any atom is 0.343 e. The van der Waals surface area contributed by atoms with E-state index in [0.717, 1.165) is 32.1 Å². The molecule has 188 valence electrons. The van der Waals surface area contributed by atoms with Crippen LogP contribution in [-0.2, 0) is 9.53 Å². The smallest absolute Gasteiger partial charge is 0.343 e. The molecule has 7 heteroatoms. The summed E-state index contributed by atoms with van der Waals surface area (Å²) in [7, 11) is 1.61. The number of carbonyl (C=O) groups is 2. The summed E-state index contributed by atoms with van der Waals surface area (Å²) in [6.07, 6.45) is 11.5. The van der Waals surface area contributed by atoms with Gasteiger partial charge in [0.1, 0.15) is 17.2 Å². The van der Waals surface area contributed by atoms with E-state index >= 15 is 0 Å². The van der Waals surface area contributed by atoms with Crippen molar-refractivity contribution in [1.82, 2.24) is 0 Å². The molecular weight excluding hydrogens is 446 g/mol. The molecule has 7 nitrogen and oxygen atoms in total. The molecule has 0 aliphatic rings. The van der Waals surface area contributed by atoms with Crippen LogP contribution in [0.3, 0.4) is 0 Å². The average molecular weight is 482 g/mol. The number of ether oxygens (including phenoxy) is 3. The highest BCUT2D eigenvalue weighted by Crippen LogP contribution is 2.23. The Morgan fingerprint density at radius 2 is 1.49 bits per heavy atom. The highest BCUT2D eigenvalue weighted by Gasteiger charge is 2.10. The molecule has 0 saturated carbocycles. The van der Waals surface area contributed by atoms with E-state index in [2.05, 4.69) is 11.6 Å². The lowest BCUT2D eigenvalue weighted by Gasteiger charge is -2.08. The van der Waals surface area contributed by atoms with Crippen LogP contribution in [0.4, 0.5) is 0 Å². The van der Waals surface area contributed by atoms with Crippen molar-refractivity contribution in [2.24, 2.45) is 4.99 Å². The molecule has 0 atom stereocenters. The fourth-order valence-electron chi connectivity index (χ4n) is 3.37. The minimum Gasteiger partial charge on any atom is -0.507 e. The number of benzene rings is 2. The summed E-state index contributed by atoms with van der Waals surface area (Å²) in [5.74, 6) is 0.0986. The Morgan fingerprint density at radius 3 is 2.09 bits per heavy atom. The molecule has 0 spiro atoms. The number of rotatable bonds is 16. The number of esters is 2. The fourth-order valence-corrected chi connectivity index (χ4v) is 3.37. The third-order valence-corrected chi connectivity index (χ3v) is 5.29. The molecular formula is C28H35NO6. The first-order chi connectivity index (χ1) is 17.0. The standard InChI is InChI=1S/C28H35NO6/c1-3-27(31)34-19-11-9-7-5-4-6-8-10-18-33-24-15-12-22(13-16-24)28(32)35-25-17-14-23(21-29-2)26(30)20-25/h3,12-17,20-21,30H,1,4-11,18-19H2,2H3. The SMILES string of the molecule is C=CC(=O)OCCCCCCCCCCOc1ccc(C(=O)Oc2ccc(C=NC)c(O)c2)cc1. The Kier molecular flexibility index (Phi) is 12.7. The van der Waals surface area contributed by atoms with Gasteiger partial charge in [0.25, 0.3) is 0 Å². The van der Waals surface area contributed by atoms with Crippen LogP contribution in [-0.4, -0.2) is 43.5 Å². The number of hydrogen-bond donors (Lipinski definition) is 1. The Balaban J connectivity index is 1.57. The molecule has 0 aliphatic carbocycles. The number of hydrogen-bond acceptors (Lipinski definition) is 7. The van der Waals surface area contributed by atoms with Crippen molar-refractivity contribution < 1.29 is 28.9 Å². The highest BCUT2D eigenvalue weighted by molar-refractivity contribution is 5.91. The quantitative estimate of drug-likeness (QED) is 0.106. The Hall–Kier alpha value is -3.61. The molecule has 2 rings (SSSR count). The van der Waals surface area contributed by atoms with Crippen molar-refractivity contribution in [3.05, 3.63) is 66.2 Å². The van der Waals surface area contributed by atoms with E-state index in [9.17, 15) is 14.7 Å². The summed E-state index contributed by atoms with van der Waals surface area (Å²) in [6.45, 7) is 4.47. The number of phenols is 1. The number of nitrogens with zero attached hydrogens (tertiary/aromatic N) is 1. The summed E-state index contributed by atoms with van der Waals surface area (Å²) in [6, 6.07) is 11.4. The van der Waals surface area contributed by atoms with E-state index < -0.39 is 5.97 Å². The van der Waals surface area contributed by atoms with E-state index in [4.69, 9.17) is 14.2 Å². The summed E-state index contributed by atoms with van der Waals surface area (Å²) in [4.78, 5) is 27.1. The zero-order valence-corrected chi connectivity index (χ0v) is 20.4. The van der Waals surface area contributed by atoms with Crippen molar-refractivity contribution in [2.45, 2.75) is 51.4 Å². The van der Waals surface area contributed by atoms with E-state index in [-0.39, 0.29) is 17.5 Å². The number of carbonyl (C=O) groups excluding carboxylic acids is 2. The summed E-state index contributed by atoms with van der Waals surface area (Å²) in [5, 5.41) is 9.95. The number of phenolic OH excluding ortho intramolecular Hbond substituents is 1. The molecule has 0 fully saturated rings. The molecule has 2 aromatic carbocycles. The van der Waals surface area contributed by atoms with Crippen LogP contribution in [0.1, 0.15) is 67.3 Å². The second-order valence-electron chi connectivity index (χ2n) is 8.07. The van der Waals surface area contributed by atoms with Crippen LogP contribution in [0, 0.1) is 0 Å².